The van der Waals surface area contributed by atoms with Crippen molar-refractivity contribution in [3.05, 3.63) is 96.1 Å². The molecule has 1 aliphatic heterocycles. The lowest BCUT2D eigenvalue weighted by Crippen LogP contribution is -2.27. The van der Waals surface area contributed by atoms with Crippen LogP contribution in [0.4, 0.5) is 0 Å². The normalized spacial score (nSPS) is 22.3. The molecule has 0 aliphatic carbocycles. The van der Waals surface area contributed by atoms with Crippen molar-refractivity contribution in [1.29, 1.82) is 0 Å². The van der Waals surface area contributed by atoms with Gasteiger partial charge in [-0.05, 0) is 22.3 Å². The van der Waals surface area contributed by atoms with Crippen molar-refractivity contribution in [3.63, 3.8) is 0 Å². The van der Waals surface area contributed by atoms with Gasteiger partial charge in [0.1, 0.15) is 0 Å². The smallest absolute Gasteiger partial charge is 0.0873 e. The molecule has 1 heterocycles. The van der Waals surface area contributed by atoms with Crippen molar-refractivity contribution in [2.75, 3.05) is 0 Å². The van der Waals surface area contributed by atoms with E-state index in [9.17, 15) is 0 Å². The molecule has 1 saturated heterocycles. The fraction of sp³-hybridized carbons (Fsp3) is 0.200. The Morgan fingerprint density at radius 3 is 2.19 bits per heavy atom. The molecule has 2 atom stereocenters. The lowest BCUT2D eigenvalue weighted by atomic mass is 9.89. The predicted molar refractivity (Wildman–Crippen MR) is 87.1 cm³/mol. The van der Waals surface area contributed by atoms with E-state index in [0.29, 0.717) is 0 Å². The van der Waals surface area contributed by atoms with E-state index in [1.54, 1.807) is 0 Å². The molecule has 0 spiro atoms. The molecule has 106 valence electrons. The highest BCUT2D eigenvalue weighted by Crippen LogP contribution is 2.37. The second-order valence-corrected chi connectivity index (χ2v) is 5.55. The molecule has 0 saturated carbocycles. The summed E-state index contributed by atoms with van der Waals surface area (Å²) in [4.78, 5) is 0. The maximum absolute atomic E-state index is 6.30. The third-order valence-electron chi connectivity index (χ3n) is 4.04. The summed E-state index contributed by atoms with van der Waals surface area (Å²) < 4.78 is 6.30. The molecule has 2 aromatic rings. The monoisotopic (exact) mass is 276 g/mol. The Balaban J connectivity index is 1.79. The van der Waals surface area contributed by atoms with Crippen molar-refractivity contribution in [2.45, 2.75) is 25.0 Å². The van der Waals surface area contributed by atoms with E-state index in [1.807, 2.05) is 12.1 Å². The van der Waals surface area contributed by atoms with Gasteiger partial charge in [0.2, 0.25) is 0 Å². The van der Waals surface area contributed by atoms with Gasteiger partial charge in [0.05, 0.1) is 12.2 Å². The first-order valence-corrected chi connectivity index (χ1v) is 7.35. The summed E-state index contributed by atoms with van der Waals surface area (Å²) in [5.41, 5.74) is 4.62. The molecule has 2 aromatic carbocycles. The molecule has 21 heavy (non-hydrogen) atoms. The highest BCUT2D eigenvalue weighted by molar-refractivity contribution is 5.36. The average Bonchev–Trinajstić information content (AvgIpc) is 2.53. The van der Waals surface area contributed by atoms with Crippen molar-refractivity contribution >= 4 is 0 Å². The van der Waals surface area contributed by atoms with E-state index in [1.165, 1.54) is 11.1 Å². The number of benzene rings is 2. The maximum Gasteiger partial charge on any atom is 0.0873 e. The summed E-state index contributed by atoms with van der Waals surface area (Å²) in [6.07, 6.45) is 1.77. The minimum absolute atomic E-state index is 0.0128. The standard InChI is InChI=1S/C20H20O/c1-15-13-20(18-11-7-4-8-12-18)21-19(16(15)2)14-17-9-5-3-6-10-17/h3-12,19-20H,1-2,13-14H2. The molecule has 0 aromatic heterocycles. The Labute approximate surface area is 126 Å². The summed E-state index contributed by atoms with van der Waals surface area (Å²) in [5.74, 6) is 0. The van der Waals surface area contributed by atoms with Crippen LogP contribution < -0.4 is 0 Å². The molecule has 0 amide bonds. The summed E-state index contributed by atoms with van der Waals surface area (Å²) in [5, 5.41) is 0. The summed E-state index contributed by atoms with van der Waals surface area (Å²) >= 11 is 0. The number of hydrogen-bond donors (Lipinski definition) is 0. The third kappa shape index (κ3) is 3.14. The van der Waals surface area contributed by atoms with Gasteiger partial charge in [0.15, 0.2) is 0 Å². The van der Waals surface area contributed by atoms with Crippen LogP contribution in [0.3, 0.4) is 0 Å². The van der Waals surface area contributed by atoms with Gasteiger partial charge in [0, 0.05) is 12.8 Å². The lowest BCUT2D eigenvalue weighted by Gasteiger charge is -2.34. The van der Waals surface area contributed by atoms with Crippen molar-refractivity contribution in [1.82, 2.24) is 0 Å². The summed E-state index contributed by atoms with van der Waals surface area (Å²) in [6.45, 7) is 8.36. The first-order valence-electron chi connectivity index (χ1n) is 7.35. The minimum atomic E-state index is 0.0128. The molecular weight excluding hydrogens is 256 g/mol. The van der Waals surface area contributed by atoms with E-state index >= 15 is 0 Å². The molecule has 0 bridgehead atoms. The van der Waals surface area contributed by atoms with E-state index in [4.69, 9.17) is 4.74 Å². The largest absolute Gasteiger partial charge is 0.365 e. The molecule has 0 radical (unpaired) electrons. The number of hydrogen-bond acceptors (Lipinski definition) is 1. The van der Waals surface area contributed by atoms with Gasteiger partial charge in [0.25, 0.3) is 0 Å². The zero-order valence-electron chi connectivity index (χ0n) is 12.2. The summed E-state index contributed by atoms with van der Waals surface area (Å²) in [7, 11) is 0. The van der Waals surface area contributed by atoms with Crippen LogP contribution in [0, 0.1) is 0 Å². The van der Waals surface area contributed by atoms with Gasteiger partial charge in [-0.15, -0.1) is 0 Å². The molecule has 2 unspecified atom stereocenters. The molecule has 0 N–H and O–H groups in total. The van der Waals surface area contributed by atoms with E-state index in [-0.39, 0.29) is 12.2 Å². The minimum Gasteiger partial charge on any atom is -0.365 e. The van der Waals surface area contributed by atoms with Crippen molar-refractivity contribution in [2.24, 2.45) is 0 Å². The molecule has 1 fully saturated rings. The van der Waals surface area contributed by atoms with Gasteiger partial charge >= 0.3 is 0 Å². The Morgan fingerprint density at radius 2 is 1.52 bits per heavy atom. The van der Waals surface area contributed by atoms with Crippen LogP contribution in [0.25, 0.3) is 0 Å². The quantitative estimate of drug-likeness (QED) is 0.777. The van der Waals surface area contributed by atoms with E-state index in [0.717, 1.165) is 24.0 Å². The van der Waals surface area contributed by atoms with Gasteiger partial charge < -0.3 is 4.74 Å². The Hall–Kier alpha value is -2.12. The van der Waals surface area contributed by atoms with Crippen LogP contribution in [0.2, 0.25) is 0 Å². The lowest BCUT2D eigenvalue weighted by molar-refractivity contribution is -0.00590. The topological polar surface area (TPSA) is 9.23 Å². The highest BCUT2D eigenvalue weighted by atomic mass is 16.5. The number of ether oxygens (including phenoxy) is 1. The molecule has 1 nitrogen and oxygen atoms in total. The molecule has 1 aliphatic rings. The fourth-order valence-electron chi connectivity index (χ4n) is 2.77. The maximum atomic E-state index is 6.30. The van der Waals surface area contributed by atoms with Crippen LogP contribution in [-0.2, 0) is 11.2 Å². The first-order chi connectivity index (χ1) is 10.2. The van der Waals surface area contributed by atoms with Crippen LogP contribution >= 0.6 is 0 Å². The van der Waals surface area contributed by atoms with Gasteiger partial charge in [-0.1, -0.05) is 73.8 Å². The Kier molecular flexibility index (Phi) is 4.03. The van der Waals surface area contributed by atoms with E-state index < -0.39 is 0 Å². The highest BCUT2D eigenvalue weighted by Gasteiger charge is 2.28. The van der Waals surface area contributed by atoms with Crippen molar-refractivity contribution in [3.8, 4) is 0 Å². The van der Waals surface area contributed by atoms with Gasteiger partial charge in [-0.25, -0.2) is 0 Å². The van der Waals surface area contributed by atoms with Crippen LogP contribution in [-0.4, -0.2) is 6.10 Å². The average molecular weight is 276 g/mol. The fourth-order valence-corrected chi connectivity index (χ4v) is 2.77. The summed E-state index contributed by atoms with van der Waals surface area (Å²) in [6, 6.07) is 20.8. The van der Waals surface area contributed by atoms with Crippen LogP contribution in [0.1, 0.15) is 23.7 Å². The second-order valence-electron chi connectivity index (χ2n) is 5.55. The Bertz CT molecular complexity index is 627. The molecular formula is C20H20O. The molecule has 1 heteroatoms. The van der Waals surface area contributed by atoms with E-state index in [2.05, 4.69) is 61.7 Å². The molecule has 3 rings (SSSR count). The third-order valence-corrected chi connectivity index (χ3v) is 4.04. The SMILES string of the molecule is C=C1CC(c2ccccc2)OC(Cc2ccccc2)C1=C. The predicted octanol–water partition coefficient (Wildman–Crippen LogP) is 4.87. The van der Waals surface area contributed by atoms with Gasteiger partial charge in [-0.2, -0.15) is 0 Å². The number of rotatable bonds is 3. The zero-order valence-corrected chi connectivity index (χ0v) is 12.2. The zero-order chi connectivity index (χ0) is 14.7. The van der Waals surface area contributed by atoms with Gasteiger partial charge in [-0.3, -0.25) is 0 Å². The second kappa shape index (κ2) is 6.11. The van der Waals surface area contributed by atoms with Crippen LogP contribution in [0.15, 0.2) is 85.0 Å². The first kappa shape index (κ1) is 13.8. The Morgan fingerprint density at radius 1 is 0.905 bits per heavy atom. The van der Waals surface area contributed by atoms with Crippen LogP contribution in [0.5, 0.6) is 0 Å². The van der Waals surface area contributed by atoms with Crippen molar-refractivity contribution < 1.29 is 4.74 Å².